The van der Waals surface area contributed by atoms with Gasteiger partial charge in [-0.05, 0) is 0 Å². The lowest BCUT2D eigenvalue weighted by atomic mass is 10.4. The number of rotatable bonds is 5. The Hall–Kier alpha value is -1.73. The lowest BCUT2D eigenvalue weighted by molar-refractivity contribution is -0.157. The van der Waals surface area contributed by atoms with Crippen molar-refractivity contribution in [2.24, 2.45) is 4.99 Å². The molecule has 0 aliphatic heterocycles. The van der Waals surface area contributed by atoms with E-state index in [1.165, 1.54) is 7.05 Å². The maximum Gasteiger partial charge on any atom is 0.406 e. The van der Waals surface area contributed by atoms with Crippen molar-refractivity contribution in [2.75, 3.05) is 33.7 Å². The highest BCUT2D eigenvalue weighted by Crippen LogP contribution is 2.15. The van der Waals surface area contributed by atoms with Crippen LogP contribution in [0.3, 0.4) is 0 Å². The summed E-state index contributed by atoms with van der Waals surface area (Å²) in [6.07, 6.45) is -2.81. The topological polar surface area (TPSA) is 56.7 Å². The number of halogens is 3. The Labute approximate surface area is 104 Å². The van der Waals surface area contributed by atoms with Gasteiger partial charge in [-0.2, -0.15) is 13.2 Å². The monoisotopic (exact) mass is 266 g/mol. The van der Waals surface area contributed by atoms with Crippen LogP contribution in [0.15, 0.2) is 17.6 Å². The van der Waals surface area contributed by atoms with Crippen molar-refractivity contribution in [1.82, 2.24) is 15.5 Å². The fourth-order valence-corrected chi connectivity index (χ4v) is 1.04. The van der Waals surface area contributed by atoms with Gasteiger partial charge in [-0.25, -0.2) is 0 Å². The molecule has 8 heteroatoms. The van der Waals surface area contributed by atoms with E-state index in [-0.39, 0.29) is 6.54 Å². The van der Waals surface area contributed by atoms with Gasteiger partial charge in [-0.1, -0.05) is 6.08 Å². The fourth-order valence-electron chi connectivity index (χ4n) is 1.04. The number of likely N-dealkylation sites (N-methyl/N-ethyl adjacent to an activating group) is 1. The quantitative estimate of drug-likeness (QED) is 0.429. The van der Waals surface area contributed by atoms with Gasteiger partial charge < -0.3 is 15.5 Å². The van der Waals surface area contributed by atoms with E-state index in [4.69, 9.17) is 0 Å². The van der Waals surface area contributed by atoms with Crippen molar-refractivity contribution in [3.63, 3.8) is 0 Å². The van der Waals surface area contributed by atoms with Gasteiger partial charge in [0, 0.05) is 20.6 Å². The van der Waals surface area contributed by atoms with Crippen molar-refractivity contribution >= 4 is 11.9 Å². The van der Waals surface area contributed by atoms with E-state index < -0.39 is 18.6 Å². The van der Waals surface area contributed by atoms with Crippen molar-refractivity contribution in [3.8, 4) is 0 Å². The molecule has 0 aliphatic rings. The summed E-state index contributed by atoms with van der Waals surface area (Å²) in [4.78, 5) is 15.8. The van der Waals surface area contributed by atoms with Gasteiger partial charge in [-0.15, -0.1) is 6.58 Å². The number of hydrogen-bond donors (Lipinski definition) is 2. The van der Waals surface area contributed by atoms with Crippen molar-refractivity contribution in [2.45, 2.75) is 6.18 Å². The van der Waals surface area contributed by atoms with Crippen molar-refractivity contribution in [1.29, 1.82) is 0 Å². The lowest BCUT2D eigenvalue weighted by Crippen LogP contribution is -2.45. The second-order valence-corrected chi connectivity index (χ2v) is 3.46. The van der Waals surface area contributed by atoms with Crippen LogP contribution in [0.4, 0.5) is 13.2 Å². The largest absolute Gasteiger partial charge is 0.406 e. The van der Waals surface area contributed by atoms with Crippen molar-refractivity contribution in [3.05, 3.63) is 12.7 Å². The van der Waals surface area contributed by atoms with Gasteiger partial charge in [0.05, 0.1) is 6.54 Å². The Balaban J connectivity index is 4.12. The zero-order valence-electron chi connectivity index (χ0n) is 10.3. The Kier molecular flexibility index (Phi) is 6.84. The van der Waals surface area contributed by atoms with Crippen LogP contribution in [-0.4, -0.2) is 56.7 Å². The van der Waals surface area contributed by atoms with E-state index in [0.29, 0.717) is 17.4 Å². The molecule has 0 aliphatic carbocycles. The molecule has 104 valence electrons. The molecule has 0 aromatic heterocycles. The number of carbonyl (C=O) groups is 1. The van der Waals surface area contributed by atoms with Crippen LogP contribution in [0, 0.1) is 0 Å². The van der Waals surface area contributed by atoms with Crippen LogP contribution in [0.25, 0.3) is 0 Å². The highest BCUT2D eigenvalue weighted by atomic mass is 19.4. The standard InChI is InChI=1S/C10H17F3N4O/c1-4-5-15-9(14-2)16-6-8(18)17(3)7-10(11,12)13/h4H,1,5-7H2,2-3H3,(H2,14,15,16). The molecular formula is C10H17F3N4O. The summed E-state index contributed by atoms with van der Waals surface area (Å²) in [7, 11) is 2.58. The van der Waals surface area contributed by atoms with Gasteiger partial charge in [0.15, 0.2) is 5.96 Å². The molecule has 18 heavy (non-hydrogen) atoms. The molecule has 0 saturated carbocycles. The third-order valence-corrected chi connectivity index (χ3v) is 1.89. The average Bonchev–Trinajstić information content (AvgIpc) is 2.26. The summed E-state index contributed by atoms with van der Waals surface area (Å²) < 4.78 is 36.1. The molecule has 0 saturated heterocycles. The van der Waals surface area contributed by atoms with Crippen LogP contribution in [-0.2, 0) is 4.79 Å². The molecule has 0 radical (unpaired) electrons. The summed E-state index contributed by atoms with van der Waals surface area (Å²) in [5.74, 6) is -0.350. The van der Waals surface area contributed by atoms with E-state index >= 15 is 0 Å². The summed E-state index contributed by atoms with van der Waals surface area (Å²) in [6.45, 7) is 2.39. The summed E-state index contributed by atoms with van der Waals surface area (Å²) in [5.41, 5.74) is 0. The zero-order valence-corrected chi connectivity index (χ0v) is 10.3. The molecule has 0 atom stereocenters. The van der Waals surface area contributed by atoms with Gasteiger partial charge in [0.1, 0.15) is 6.54 Å². The van der Waals surface area contributed by atoms with Crippen molar-refractivity contribution < 1.29 is 18.0 Å². The first-order valence-electron chi connectivity index (χ1n) is 5.16. The highest BCUT2D eigenvalue weighted by Gasteiger charge is 2.30. The molecule has 0 spiro atoms. The van der Waals surface area contributed by atoms with Gasteiger partial charge >= 0.3 is 6.18 Å². The lowest BCUT2D eigenvalue weighted by Gasteiger charge is -2.19. The first-order valence-corrected chi connectivity index (χ1v) is 5.16. The smallest absolute Gasteiger partial charge is 0.353 e. The van der Waals surface area contributed by atoms with Gasteiger partial charge in [0.25, 0.3) is 0 Å². The van der Waals surface area contributed by atoms with Crippen LogP contribution in [0.5, 0.6) is 0 Å². The van der Waals surface area contributed by atoms with Gasteiger partial charge in [-0.3, -0.25) is 9.79 Å². The second-order valence-electron chi connectivity index (χ2n) is 3.46. The maximum absolute atomic E-state index is 12.0. The van der Waals surface area contributed by atoms with E-state index in [1.807, 2.05) is 0 Å². The normalized spacial score (nSPS) is 11.9. The molecule has 0 rings (SSSR count). The molecule has 0 bridgehead atoms. The van der Waals surface area contributed by atoms with E-state index in [0.717, 1.165) is 7.05 Å². The Morgan fingerprint density at radius 3 is 2.50 bits per heavy atom. The molecule has 0 aromatic rings. The third-order valence-electron chi connectivity index (χ3n) is 1.89. The number of aliphatic imine (C=N–C) groups is 1. The summed E-state index contributed by atoms with van der Waals surface area (Å²) >= 11 is 0. The number of nitrogens with zero attached hydrogens (tertiary/aromatic N) is 2. The molecule has 5 nitrogen and oxygen atoms in total. The Bertz CT molecular complexity index is 315. The van der Waals surface area contributed by atoms with E-state index in [9.17, 15) is 18.0 Å². The molecule has 2 N–H and O–H groups in total. The predicted octanol–water partition coefficient (Wildman–Crippen LogP) is 0.358. The van der Waals surface area contributed by atoms with Crippen LogP contribution >= 0.6 is 0 Å². The molecule has 0 fully saturated rings. The minimum absolute atomic E-state index is 0.261. The summed E-state index contributed by atoms with van der Waals surface area (Å²) in [5, 5.41) is 5.39. The number of carbonyl (C=O) groups excluding carboxylic acids is 1. The van der Waals surface area contributed by atoms with Gasteiger partial charge in [0.2, 0.25) is 5.91 Å². The van der Waals surface area contributed by atoms with E-state index in [2.05, 4.69) is 22.2 Å². The minimum Gasteiger partial charge on any atom is -0.353 e. The molecule has 0 unspecified atom stereocenters. The Morgan fingerprint density at radius 2 is 2.06 bits per heavy atom. The minimum atomic E-state index is -4.40. The summed E-state index contributed by atoms with van der Waals surface area (Å²) in [6, 6.07) is 0. The zero-order chi connectivity index (χ0) is 14.2. The first kappa shape index (κ1) is 16.3. The number of amides is 1. The fraction of sp³-hybridized carbons (Fsp3) is 0.600. The number of nitrogens with one attached hydrogen (secondary N) is 2. The highest BCUT2D eigenvalue weighted by molar-refractivity contribution is 5.86. The van der Waals surface area contributed by atoms with E-state index in [1.54, 1.807) is 6.08 Å². The predicted molar refractivity (Wildman–Crippen MR) is 63.3 cm³/mol. The van der Waals surface area contributed by atoms with Crippen LogP contribution < -0.4 is 10.6 Å². The average molecular weight is 266 g/mol. The molecule has 0 aromatic carbocycles. The molecule has 0 heterocycles. The van der Waals surface area contributed by atoms with Crippen LogP contribution in [0.2, 0.25) is 0 Å². The number of hydrogen-bond acceptors (Lipinski definition) is 2. The van der Waals surface area contributed by atoms with Crippen LogP contribution in [0.1, 0.15) is 0 Å². The Morgan fingerprint density at radius 1 is 1.44 bits per heavy atom. The number of guanidine groups is 1. The third kappa shape index (κ3) is 7.53. The molecule has 1 amide bonds. The maximum atomic E-state index is 12.0. The number of alkyl halides is 3. The second kappa shape index (κ2) is 7.57. The first-order chi connectivity index (χ1) is 8.30. The molecular weight excluding hydrogens is 249 g/mol. The SMILES string of the molecule is C=CCNC(=NC)NCC(=O)N(C)CC(F)(F)F.